The van der Waals surface area contributed by atoms with Crippen molar-refractivity contribution in [2.75, 3.05) is 7.05 Å². The number of hydrazone groups is 1. The van der Waals surface area contributed by atoms with Crippen LogP contribution in [0.2, 0.25) is 0 Å². The third kappa shape index (κ3) is 1.88. The molecule has 0 aliphatic carbocycles. The molecular weight excluding hydrogens is 196 g/mol. The van der Waals surface area contributed by atoms with Gasteiger partial charge in [-0.2, -0.15) is 5.10 Å². The van der Waals surface area contributed by atoms with Crippen LogP contribution >= 0.6 is 15.9 Å². The maximum absolute atomic E-state index is 5.11. The minimum absolute atomic E-state index is 0.713. The molecule has 0 amide bonds. The Kier molecular flexibility index (Phi) is 2.50. The zero-order valence-corrected chi connectivity index (χ0v) is 7.05. The Hall–Kier alpha value is -0.770. The summed E-state index contributed by atoms with van der Waals surface area (Å²) in [5, 5.41) is 3.77. The number of halogens is 1. The van der Waals surface area contributed by atoms with Crippen molar-refractivity contribution >= 4 is 22.1 Å². The quantitative estimate of drug-likeness (QED) is 0.585. The Morgan fingerprint density at radius 1 is 1.70 bits per heavy atom. The van der Waals surface area contributed by atoms with Crippen LogP contribution in [0.5, 0.6) is 0 Å². The van der Waals surface area contributed by atoms with Crippen LogP contribution in [0.25, 0.3) is 0 Å². The van der Waals surface area contributed by atoms with Gasteiger partial charge in [0, 0.05) is 7.05 Å². The summed E-state index contributed by atoms with van der Waals surface area (Å²) in [6.45, 7) is 0. The maximum Gasteiger partial charge on any atom is 0.169 e. The summed E-state index contributed by atoms with van der Waals surface area (Å²) < 4.78 is 5.83. The van der Waals surface area contributed by atoms with Crippen molar-refractivity contribution in [2.45, 2.75) is 0 Å². The van der Waals surface area contributed by atoms with E-state index in [0.717, 1.165) is 5.76 Å². The fourth-order valence-corrected chi connectivity index (χ4v) is 0.845. The predicted molar refractivity (Wildman–Crippen MR) is 43.1 cm³/mol. The lowest BCUT2D eigenvalue weighted by Crippen LogP contribution is -1.93. The fourth-order valence-electron chi connectivity index (χ4n) is 0.526. The number of rotatable bonds is 2. The molecule has 4 heteroatoms. The second-order valence-electron chi connectivity index (χ2n) is 1.62. The first-order valence-corrected chi connectivity index (χ1v) is 3.57. The topological polar surface area (TPSA) is 37.5 Å². The lowest BCUT2D eigenvalue weighted by atomic mass is 10.5. The smallest absolute Gasteiger partial charge is 0.169 e. The number of nitrogens with one attached hydrogen (secondary N) is 1. The average molecular weight is 203 g/mol. The van der Waals surface area contributed by atoms with Gasteiger partial charge >= 0.3 is 0 Å². The van der Waals surface area contributed by atoms with E-state index in [-0.39, 0.29) is 0 Å². The molecule has 3 nitrogen and oxygen atoms in total. The van der Waals surface area contributed by atoms with Crippen LogP contribution < -0.4 is 5.43 Å². The van der Waals surface area contributed by atoms with Crippen LogP contribution in [0, 0.1) is 0 Å². The van der Waals surface area contributed by atoms with E-state index in [1.807, 2.05) is 12.1 Å². The van der Waals surface area contributed by atoms with Gasteiger partial charge in [-0.1, -0.05) is 0 Å². The molecule has 1 heterocycles. The van der Waals surface area contributed by atoms with E-state index in [1.54, 1.807) is 13.3 Å². The minimum Gasteiger partial charge on any atom is -0.448 e. The van der Waals surface area contributed by atoms with E-state index in [2.05, 4.69) is 26.5 Å². The molecule has 0 unspecified atom stereocenters. The third-order valence-corrected chi connectivity index (χ3v) is 1.34. The van der Waals surface area contributed by atoms with E-state index in [4.69, 9.17) is 4.42 Å². The van der Waals surface area contributed by atoms with Crippen LogP contribution in [-0.2, 0) is 0 Å². The van der Waals surface area contributed by atoms with Crippen LogP contribution in [-0.4, -0.2) is 13.3 Å². The van der Waals surface area contributed by atoms with Crippen LogP contribution in [0.15, 0.2) is 26.3 Å². The Morgan fingerprint density at radius 2 is 2.50 bits per heavy atom. The van der Waals surface area contributed by atoms with Gasteiger partial charge in [-0.05, 0) is 28.1 Å². The summed E-state index contributed by atoms with van der Waals surface area (Å²) in [5.74, 6) is 0.723. The van der Waals surface area contributed by atoms with Gasteiger partial charge < -0.3 is 9.84 Å². The van der Waals surface area contributed by atoms with Crippen LogP contribution in [0.3, 0.4) is 0 Å². The molecule has 0 aliphatic heterocycles. The zero-order valence-electron chi connectivity index (χ0n) is 5.47. The Balaban J connectivity index is 2.67. The molecular formula is C6H7BrN2O. The molecule has 0 radical (unpaired) electrons. The first-order chi connectivity index (χ1) is 4.83. The minimum atomic E-state index is 0.713. The van der Waals surface area contributed by atoms with E-state index < -0.39 is 0 Å². The predicted octanol–water partition coefficient (Wildman–Crippen LogP) is 1.60. The molecule has 0 spiro atoms. The van der Waals surface area contributed by atoms with E-state index in [1.165, 1.54) is 0 Å². The number of hydrogen-bond acceptors (Lipinski definition) is 3. The molecule has 0 bridgehead atoms. The lowest BCUT2D eigenvalue weighted by molar-refractivity contribution is 0.534. The second kappa shape index (κ2) is 3.41. The second-order valence-corrected chi connectivity index (χ2v) is 2.41. The molecule has 0 saturated carbocycles. The van der Waals surface area contributed by atoms with E-state index in [0.29, 0.717) is 4.67 Å². The molecule has 54 valence electrons. The van der Waals surface area contributed by atoms with Crippen LogP contribution in [0.4, 0.5) is 0 Å². The highest BCUT2D eigenvalue weighted by atomic mass is 79.9. The van der Waals surface area contributed by atoms with Gasteiger partial charge in [0.15, 0.2) is 4.67 Å². The summed E-state index contributed by atoms with van der Waals surface area (Å²) in [6, 6.07) is 3.64. The molecule has 0 aromatic carbocycles. The molecule has 1 aromatic rings. The first-order valence-electron chi connectivity index (χ1n) is 2.78. The van der Waals surface area contributed by atoms with Crippen LogP contribution in [0.1, 0.15) is 5.76 Å². The SMILES string of the molecule is CN/N=C/c1ccc(Br)o1. The molecule has 1 N–H and O–H groups in total. The monoisotopic (exact) mass is 202 g/mol. The van der Waals surface area contributed by atoms with Gasteiger partial charge in [0.2, 0.25) is 0 Å². The van der Waals surface area contributed by atoms with Crippen molar-refractivity contribution in [2.24, 2.45) is 5.10 Å². The fraction of sp³-hybridized carbons (Fsp3) is 0.167. The zero-order chi connectivity index (χ0) is 7.40. The van der Waals surface area contributed by atoms with Crippen molar-refractivity contribution in [1.82, 2.24) is 5.43 Å². The standard InChI is InChI=1S/C6H7BrN2O/c1-8-9-4-5-2-3-6(7)10-5/h2-4,8H,1H3/b9-4+. The van der Waals surface area contributed by atoms with Gasteiger partial charge in [-0.3, -0.25) is 0 Å². The summed E-state index contributed by atoms with van der Waals surface area (Å²) in [4.78, 5) is 0. The third-order valence-electron chi connectivity index (χ3n) is 0.915. The average Bonchev–Trinajstić information content (AvgIpc) is 2.31. The van der Waals surface area contributed by atoms with Gasteiger partial charge in [-0.15, -0.1) is 0 Å². The van der Waals surface area contributed by atoms with Crippen molar-refractivity contribution in [3.63, 3.8) is 0 Å². The van der Waals surface area contributed by atoms with Crippen molar-refractivity contribution in [3.05, 3.63) is 22.6 Å². The largest absolute Gasteiger partial charge is 0.448 e. The normalized spacial score (nSPS) is 10.6. The first kappa shape index (κ1) is 7.34. The number of furan rings is 1. The Bertz CT molecular complexity index is 231. The highest BCUT2D eigenvalue weighted by molar-refractivity contribution is 9.10. The summed E-state index contributed by atoms with van der Waals surface area (Å²) >= 11 is 3.18. The highest BCUT2D eigenvalue weighted by Crippen LogP contribution is 2.11. The molecule has 1 rings (SSSR count). The van der Waals surface area contributed by atoms with Gasteiger partial charge in [0.1, 0.15) is 5.76 Å². The Morgan fingerprint density at radius 3 is 3.00 bits per heavy atom. The van der Waals surface area contributed by atoms with Gasteiger partial charge in [-0.25, -0.2) is 0 Å². The van der Waals surface area contributed by atoms with Crippen molar-refractivity contribution in [1.29, 1.82) is 0 Å². The number of hydrogen-bond donors (Lipinski definition) is 1. The molecule has 1 aromatic heterocycles. The van der Waals surface area contributed by atoms with Gasteiger partial charge in [0.05, 0.1) is 6.21 Å². The molecule has 0 saturated heterocycles. The van der Waals surface area contributed by atoms with E-state index in [9.17, 15) is 0 Å². The summed E-state index contributed by atoms with van der Waals surface area (Å²) in [7, 11) is 1.73. The van der Waals surface area contributed by atoms with Crippen molar-refractivity contribution < 1.29 is 4.42 Å². The summed E-state index contributed by atoms with van der Waals surface area (Å²) in [6.07, 6.45) is 1.60. The number of nitrogens with zero attached hydrogens (tertiary/aromatic N) is 1. The molecule has 0 atom stereocenters. The molecule has 0 fully saturated rings. The Labute approximate surface area is 67.2 Å². The highest BCUT2D eigenvalue weighted by Gasteiger charge is 1.92. The molecule has 10 heavy (non-hydrogen) atoms. The maximum atomic E-state index is 5.11. The molecule has 0 aliphatic rings. The lowest BCUT2D eigenvalue weighted by Gasteiger charge is -1.83. The van der Waals surface area contributed by atoms with E-state index >= 15 is 0 Å². The van der Waals surface area contributed by atoms with Crippen molar-refractivity contribution in [3.8, 4) is 0 Å². The summed E-state index contributed by atoms with van der Waals surface area (Å²) in [5.41, 5.74) is 2.62. The van der Waals surface area contributed by atoms with Gasteiger partial charge in [0.25, 0.3) is 0 Å².